The van der Waals surface area contributed by atoms with Crippen LogP contribution in [0, 0.1) is 0 Å². The lowest BCUT2D eigenvalue weighted by molar-refractivity contribution is 0.454. The molecule has 1 aliphatic rings. The molecule has 1 saturated heterocycles. The third kappa shape index (κ3) is 3.34. The van der Waals surface area contributed by atoms with Gasteiger partial charge in [0.15, 0.2) is 5.88 Å². The second-order valence-corrected chi connectivity index (χ2v) is 7.46. The molecule has 0 aliphatic carbocycles. The van der Waals surface area contributed by atoms with Crippen LogP contribution < -0.4 is 5.32 Å². The molecule has 0 radical (unpaired) electrons. The Labute approximate surface area is 159 Å². The van der Waals surface area contributed by atoms with Crippen LogP contribution in [0.5, 0.6) is 11.6 Å². The molecule has 2 heterocycles. The molecule has 0 atom stereocenters. The van der Waals surface area contributed by atoms with E-state index in [1.54, 1.807) is 18.2 Å². The average molecular weight is 414 g/mol. The van der Waals surface area contributed by atoms with Crippen molar-refractivity contribution in [2.75, 3.05) is 13.1 Å². The van der Waals surface area contributed by atoms with Crippen molar-refractivity contribution >= 4 is 32.5 Å². The van der Waals surface area contributed by atoms with Crippen LogP contribution in [0.1, 0.15) is 24.0 Å². The Hall–Kier alpha value is -2.31. The lowest BCUT2D eigenvalue weighted by Crippen LogP contribution is -2.30. The summed E-state index contributed by atoms with van der Waals surface area (Å²) >= 11 is 3.51. The van der Waals surface area contributed by atoms with Crippen molar-refractivity contribution in [1.82, 2.24) is 10.3 Å². The summed E-state index contributed by atoms with van der Waals surface area (Å²) in [5, 5.41) is 24.8. The molecule has 1 fully saturated rings. The van der Waals surface area contributed by atoms with E-state index in [4.69, 9.17) is 4.99 Å². The van der Waals surface area contributed by atoms with Crippen LogP contribution in [0.15, 0.2) is 51.9 Å². The van der Waals surface area contributed by atoms with Crippen molar-refractivity contribution in [2.45, 2.75) is 18.9 Å². The summed E-state index contributed by atoms with van der Waals surface area (Å²) in [6.45, 7) is 1.87. The van der Waals surface area contributed by atoms with Gasteiger partial charge in [-0.1, -0.05) is 28.1 Å². The number of H-pyrrole nitrogens is 1. The Morgan fingerprint density at radius 1 is 1.08 bits per heavy atom. The van der Waals surface area contributed by atoms with E-state index >= 15 is 0 Å². The Kier molecular flexibility index (Phi) is 4.70. The highest BCUT2D eigenvalue weighted by molar-refractivity contribution is 9.10. The number of aromatic nitrogens is 1. The largest absolute Gasteiger partial charge is 0.508 e. The van der Waals surface area contributed by atoms with E-state index < -0.39 is 0 Å². The number of phenolic OH excluding ortho intramolecular Hbond substituents is 1. The Balaban J connectivity index is 1.92. The van der Waals surface area contributed by atoms with Crippen LogP contribution in [-0.4, -0.2) is 40.0 Å². The van der Waals surface area contributed by atoms with Crippen molar-refractivity contribution in [3.05, 3.63) is 58.1 Å². The minimum atomic E-state index is 0.0918. The third-order valence-corrected chi connectivity index (χ3v) is 5.21. The predicted octanol–water partition coefficient (Wildman–Crippen LogP) is 3.93. The smallest absolute Gasteiger partial charge is 0.199 e. The number of aromatic amines is 1. The molecule has 4 N–H and O–H groups in total. The molecule has 134 valence electrons. The van der Waals surface area contributed by atoms with Crippen molar-refractivity contribution in [1.29, 1.82) is 0 Å². The van der Waals surface area contributed by atoms with Crippen molar-refractivity contribution in [3.8, 4) is 11.6 Å². The normalized spacial score (nSPS) is 16.3. The first kappa shape index (κ1) is 17.1. The molecule has 0 bridgehead atoms. The number of hydrogen-bond donors (Lipinski definition) is 4. The molecule has 5 nitrogen and oxygen atoms in total. The number of piperidine rings is 1. The molecule has 6 heteroatoms. The van der Waals surface area contributed by atoms with Gasteiger partial charge in [-0.3, -0.25) is 4.99 Å². The Morgan fingerprint density at radius 2 is 1.88 bits per heavy atom. The van der Waals surface area contributed by atoms with Crippen molar-refractivity contribution in [3.63, 3.8) is 0 Å². The minimum absolute atomic E-state index is 0.0918. The number of phenols is 1. The van der Waals surface area contributed by atoms with Crippen LogP contribution in [0.4, 0.5) is 0 Å². The number of rotatable bonds is 3. The van der Waals surface area contributed by atoms with E-state index in [9.17, 15) is 10.2 Å². The molecule has 1 aliphatic heterocycles. The van der Waals surface area contributed by atoms with E-state index in [1.807, 2.05) is 24.3 Å². The van der Waals surface area contributed by atoms with Gasteiger partial charge in [0.25, 0.3) is 0 Å². The van der Waals surface area contributed by atoms with Gasteiger partial charge in [0.1, 0.15) is 5.75 Å². The molecule has 1 aromatic heterocycles. The third-order valence-electron chi connectivity index (χ3n) is 4.72. The topological polar surface area (TPSA) is 80.6 Å². The molecule has 26 heavy (non-hydrogen) atoms. The number of fused-ring (bicyclic) bond motifs is 1. The molecular weight excluding hydrogens is 394 g/mol. The zero-order chi connectivity index (χ0) is 18.1. The first-order valence-corrected chi connectivity index (χ1v) is 9.49. The van der Waals surface area contributed by atoms with Crippen molar-refractivity contribution in [2.24, 2.45) is 4.99 Å². The summed E-state index contributed by atoms with van der Waals surface area (Å²) in [6, 6.07) is 13.0. The summed E-state index contributed by atoms with van der Waals surface area (Å²) in [6.07, 6.45) is 1.91. The van der Waals surface area contributed by atoms with Crippen LogP contribution in [0.25, 0.3) is 10.9 Å². The van der Waals surface area contributed by atoms with Gasteiger partial charge in [-0.15, -0.1) is 0 Å². The van der Waals surface area contributed by atoms with Gasteiger partial charge in [0.05, 0.1) is 17.3 Å². The van der Waals surface area contributed by atoms with E-state index in [0.29, 0.717) is 11.3 Å². The summed E-state index contributed by atoms with van der Waals surface area (Å²) in [5.74, 6) is 0.273. The second-order valence-electron chi connectivity index (χ2n) is 6.55. The second kappa shape index (κ2) is 7.13. The monoisotopic (exact) mass is 413 g/mol. The molecule has 0 spiro atoms. The van der Waals surface area contributed by atoms with Gasteiger partial charge >= 0.3 is 0 Å². The van der Waals surface area contributed by atoms with E-state index in [0.717, 1.165) is 46.9 Å². The van der Waals surface area contributed by atoms with Crippen LogP contribution in [0.2, 0.25) is 0 Å². The van der Waals surface area contributed by atoms with Crippen LogP contribution >= 0.6 is 15.9 Å². The first-order chi connectivity index (χ1) is 12.6. The number of halogens is 1. The maximum absolute atomic E-state index is 10.6. The lowest BCUT2D eigenvalue weighted by Gasteiger charge is -2.21. The molecule has 0 saturated carbocycles. The average Bonchev–Trinajstić information content (AvgIpc) is 2.95. The SMILES string of the molecule is Oc1cccc(C(=NC2CCNCC2)c2c(O)[nH]c3ccc(Br)cc23)c1. The van der Waals surface area contributed by atoms with E-state index in [-0.39, 0.29) is 17.7 Å². The number of aromatic hydroxyl groups is 2. The van der Waals surface area contributed by atoms with Crippen LogP contribution in [-0.2, 0) is 0 Å². The number of nitrogens with one attached hydrogen (secondary N) is 2. The molecule has 0 unspecified atom stereocenters. The zero-order valence-corrected chi connectivity index (χ0v) is 15.8. The Bertz CT molecular complexity index is 974. The quantitative estimate of drug-likeness (QED) is 0.491. The fraction of sp³-hybridized carbons (Fsp3) is 0.250. The summed E-state index contributed by atoms with van der Waals surface area (Å²) in [5.41, 5.74) is 3.01. The van der Waals surface area contributed by atoms with Gasteiger partial charge in [-0.2, -0.15) is 0 Å². The molecule has 0 amide bonds. The molecular formula is C20H20BrN3O2. The van der Waals surface area contributed by atoms with Gasteiger partial charge in [0.2, 0.25) is 0 Å². The van der Waals surface area contributed by atoms with Gasteiger partial charge in [-0.05, 0) is 56.3 Å². The highest BCUT2D eigenvalue weighted by Gasteiger charge is 2.21. The summed E-state index contributed by atoms with van der Waals surface area (Å²) in [7, 11) is 0. The maximum atomic E-state index is 10.6. The first-order valence-electron chi connectivity index (χ1n) is 8.70. The fourth-order valence-electron chi connectivity index (χ4n) is 3.44. The van der Waals surface area contributed by atoms with Gasteiger partial charge < -0.3 is 20.5 Å². The van der Waals surface area contributed by atoms with Gasteiger partial charge in [0, 0.05) is 20.9 Å². The lowest BCUT2D eigenvalue weighted by atomic mass is 9.99. The van der Waals surface area contributed by atoms with Crippen LogP contribution in [0.3, 0.4) is 0 Å². The zero-order valence-electron chi connectivity index (χ0n) is 14.2. The number of hydrogen-bond acceptors (Lipinski definition) is 4. The molecule has 3 aromatic rings. The number of benzene rings is 2. The van der Waals surface area contributed by atoms with E-state index in [2.05, 4.69) is 26.2 Å². The molecule has 2 aromatic carbocycles. The highest BCUT2D eigenvalue weighted by atomic mass is 79.9. The maximum Gasteiger partial charge on any atom is 0.199 e. The fourth-order valence-corrected chi connectivity index (χ4v) is 3.81. The van der Waals surface area contributed by atoms with Gasteiger partial charge in [-0.25, -0.2) is 0 Å². The number of aliphatic imine (C=N–C) groups is 1. The standard InChI is InChI=1S/C20H20BrN3O2/c21-13-4-5-17-16(11-13)18(20(26)24-17)19(12-2-1-3-15(25)10-12)23-14-6-8-22-9-7-14/h1-5,10-11,14,22,24-26H,6-9H2. The van der Waals surface area contributed by atoms with Crippen molar-refractivity contribution < 1.29 is 10.2 Å². The minimum Gasteiger partial charge on any atom is -0.508 e. The Morgan fingerprint density at radius 3 is 2.65 bits per heavy atom. The summed E-state index contributed by atoms with van der Waals surface area (Å²) in [4.78, 5) is 8.04. The molecule has 4 rings (SSSR count). The summed E-state index contributed by atoms with van der Waals surface area (Å²) < 4.78 is 0.933. The number of nitrogens with zero attached hydrogens (tertiary/aromatic N) is 1. The predicted molar refractivity (Wildman–Crippen MR) is 107 cm³/mol. The van der Waals surface area contributed by atoms with E-state index in [1.165, 1.54) is 0 Å². The highest BCUT2D eigenvalue weighted by Crippen LogP contribution is 2.33.